The molecule has 13 nitrogen and oxygen atoms in total. The van der Waals surface area contributed by atoms with Crippen molar-refractivity contribution in [3.8, 4) is 5.75 Å². The van der Waals surface area contributed by atoms with Gasteiger partial charge in [0, 0.05) is 57.2 Å². The highest BCUT2D eigenvalue weighted by Gasteiger charge is 2.22. The minimum absolute atomic E-state index is 0.0655. The number of primary amides is 1. The second-order valence-corrected chi connectivity index (χ2v) is 11.3. The van der Waals surface area contributed by atoms with Gasteiger partial charge in [-0.25, -0.2) is 9.97 Å². The summed E-state index contributed by atoms with van der Waals surface area (Å²) in [5, 5.41) is 9.51. The number of likely N-dealkylation sites (N-methyl/N-ethyl adjacent to an activating group) is 1. The fraction of sp³-hybridized carbons (Fsp3) is 0.531. The SMILES string of the molecule is CCc1nc(C(N)=O)c(Nc2cccc(OCCCNC(=O)C(C)N(C)C(=O)/C=C/CN3CCC3)c2)nc1NC1CCOCC1. The molecule has 1 unspecified atom stereocenters. The number of nitrogens with two attached hydrogens (primary N) is 1. The van der Waals surface area contributed by atoms with Crippen molar-refractivity contribution >= 4 is 35.0 Å². The van der Waals surface area contributed by atoms with E-state index >= 15 is 0 Å². The summed E-state index contributed by atoms with van der Waals surface area (Å²) in [7, 11) is 1.63. The Hall–Kier alpha value is -4.23. The third kappa shape index (κ3) is 9.88. The van der Waals surface area contributed by atoms with E-state index in [4.69, 9.17) is 20.2 Å². The van der Waals surface area contributed by atoms with Crippen LogP contribution in [0.2, 0.25) is 0 Å². The van der Waals surface area contributed by atoms with Gasteiger partial charge in [0.2, 0.25) is 11.8 Å². The first-order valence-electron chi connectivity index (χ1n) is 15.7. The standard InChI is InChI=1S/C32H46N8O5/c1-4-26-30(35-23-12-19-44-20-13-23)38-31(28(37-26)29(33)42)36-24-9-5-10-25(21-24)45-18-7-14-34-32(43)22(2)39(3)27(41)11-6-15-40-16-8-17-40/h5-6,9-11,21-23H,4,7-8,12-20H2,1-3H3,(H2,33,42)(H,34,43)(H2,35,36,38)/b11-6+. The van der Waals surface area contributed by atoms with Gasteiger partial charge in [0.1, 0.15) is 11.8 Å². The molecule has 2 aliphatic rings. The third-order valence-corrected chi connectivity index (χ3v) is 7.97. The van der Waals surface area contributed by atoms with Crippen LogP contribution < -0.4 is 26.4 Å². The summed E-state index contributed by atoms with van der Waals surface area (Å²) in [5.74, 6) is 0.397. The summed E-state index contributed by atoms with van der Waals surface area (Å²) >= 11 is 0. The number of anilines is 3. The van der Waals surface area contributed by atoms with Crippen LogP contribution in [0.5, 0.6) is 5.75 Å². The number of rotatable bonds is 16. The lowest BCUT2D eigenvalue weighted by Crippen LogP contribution is -2.45. The number of carbonyl (C=O) groups is 3. The lowest BCUT2D eigenvalue weighted by molar-refractivity contribution is -0.135. The molecule has 3 heterocycles. The number of aromatic nitrogens is 2. The number of hydrogen-bond acceptors (Lipinski definition) is 10. The predicted molar refractivity (Wildman–Crippen MR) is 173 cm³/mol. The van der Waals surface area contributed by atoms with Crippen LogP contribution in [0.3, 0.4) is 0 Å². The van der Waals surface area contributed by atoms with Crippen LogP contribution in [0.15, 0.2) is 36.4 Å². The lowest BCUT2D eigenvalue weighted by Gasteiger charge is -2.29. The van der Waals surface area contributed by atoms with Gasteiger partial charge in [-0.1, -0.05) is 19.1 Å². The average Bonchev–Trinajstić information content (AvgIpc) is 3.01. The molecular weight excluding hydrogens is 576 g/mol. The third-order valence-electron chi connectivity index (χ3n) is 7.97. The van der Waals surface area contributed by atoms with Gasteiger partial charge in [0.05, 0.1) is 12.3 Å². The molecule has 2 aromatic rings. The summed E-state index contributed by atoms with van der Waals surface area (Å²) in [6.45, 7) is 8.68. The van der Waals surface area contributed by atoms with E-state index in [9.17, 15) is 14.4 Å². The minimum atomic E-state index is -0.671. The number of benzene rings is 1. The Labute approximate surface area is 264 Å². The summed E-state index contributed by atoms with van der Waals surface area (Å²) in [5.41, 5.74) is 7.05. The van der Waals surface area contributed by atoms with Gasteiger partial charge in [0.15, 0.2) is 17.3 Å². The normalized spacial score (nSPS) is 16.1. The zero-order valence-electron chi connectivity index (χ0n) is 26.5. The molecule has 0 bridgehead atoms. The summed E-state index contributed by atoms with van der Waals surface area (Å²) in [6, 6.07) is 6.88. The van der Waals surface area contributed by atoms with Crippen molar-refractivity contribution in [3.05, 3.63) is 47.8 Å². The van der Waals surface area contributed by atoms with E-state index in [2.05, 4.69) is 25.8 Å². The summed E-state index contributed by atoms with van der Waals surface area (Å²) in [4.78, 5) is 50.2. The fourth-order valence-electron chi connectivity index (χ4n) is 4.90. The molecule has 13 heteroatoms. The van der Waals surface area contributed by atoms with E-state index in [-0.39, 0.29) is 29.4 Å². The molecule has 244 valence electrons. The highest BCUT2D eigenvalue weighted by Crippen LogP contribution is 2.26. The molecule has 2 fully saturated rings. The van der Waals surface area contributed by atoms with Crippen molar-refractivity contribution in [1.82, 2.24) is 25.1 Å². The quantitative estimate of drug-likeness (QED) is 0.162. The average molecular weight is 623 g/mol. The molecule has 1 aromatic carbocycles. The number of ether oxygens (including phenoxy) is 2. The van der Waals surface area contributed by atoms with Crippen LogP contribution in [-0.4, -0.2) is 103 Å². The van der Waals surface area contributed by atoms with E-state index in [1.807, 2.05) is 31.2 Å². The Morgan fingerprint density at radius 3 is 2.67 bits per heavy atom. The van der Waals surface area contributed by atoms with Crippen LogP contribution in [-0.2, 0) is 20.7 Å². The minimum Gasteiger partial charge on any atom is -0.493 e. The van der Waals surface area contributed by atoms with Crippen molar-refractivity contribution in [2.45, 2.75) is 58.0 Å². The first kappa shape index (κ1) is 33.7. The smallest absolute Gasteiger partial charge is 0.271 e. The maximum atomic E-state index is 12.6. The van der Waals surface area contributed by atoms with Gasteiger partial charge in [-0.2, -0.15) is 0 Å². The van der Waals surface area contributed by atoms with Crippen molar-refractivity contribution < 1.29 is 23.9 Å². The van der Waals surface area contributed by atoms with E-state index in [1.54, 1.807) is 20.0 Å². The van der Waals surface area contributed by atoms with Crippen molar-refractivity contribution in [1.29, 1.82) is 0 Å². The predicted octanol–water partition coefficient (Wildman–Crippen LogP) is 2.47. The Morgan fingerprint density at radius 1 is 1.20 bits per heavy atom. The molecule has 1 atom stereocenters. The van der Waals surface area contributed by atoms with Crippen LogP contribution in [0.1, 0.15) is 55.7 Å². The van der Waals surface area contributed by atoms with Gasteiger partial charge in [-0.15, -0.1) is 0 Å². The number of hydrogen-bond donors (Lipinski definition) is 4. The van der Waals surface area contributed by atoms with Gasteiger partial charge < -0.3 is 36.1 Å². The Kier molecular flexibility index (Phi) is 12.5. The summed E-state index contributed by atoms with van der Waals surface area (Å²) in [6.07, 6.45) is 7.46. The van der Waals surface area contributed by atoms with Crippen molar-refractivity contribution in [3.63, 3.8) is 0 Å². The second kappa shape index (κ2) is 16.7. The highest BCUT2D eigenvalue weighted by atomic mass is 16.5. The molecule has 5 N–H and O–H groups in total. The monoisotopic (exact) mass is 622 g/mol. The zero-order valence-corrected chi connectivity index (χ0v) is 26.5. The summed E-state index contributed by atoms with van der Waals surface area (Å²) < 4.78 is 11.4. The van der Waals surface area contributed by atoms with Crippen molar-refractivity contribution in [2.24, 2.45) is 5.73 Å². The van der Waals surface area contributed by atoms with Crippen LogP contribution in [0.25, 0.3) is 0 Å². The van der Waals surface area contributed by atoms with Gasteiger partial charge in [-0.05, 0) is 64.3 Å². The Bertz CT molecular complexity index is 1340. The molecular formula is C32H46N8O5. The molecule has 0 radical (unpaired) electrons. The fourth-order valence-corrected chi connectivity index (χ4v) is 4.90. The molecule has 2 saturated heterocycles. The maximum absolute atomic E-state index is 12.6. The number of carbonyl (C=O) groups excluding carboxylic acids is 3. The molecule has 1 aromatic heterocycles. The van der Waals surface area contributed by atoms with E-state index in [0.29, 0.717) is 62.2 Å². The van der Waals surface area contributed by atoms with E-state index in [0.717, 1.165) is 32.5 Å². The zero-order chi connectivity index (χ0) is 32.2. The maximum Gasteiger partial charge on any atom is 0.271 e. The van der Waals surface area contributed by atoms with Crippen molar-refractivity contribution in [2.75, 3.05) is 63.7 Å². The number of likely N-dealkylation sites (tertiary alicyclic amines) is 1. The number of nitrogens with one attached hydrogen (secondary N) is 3. The second-order valence-electron chi connectivity index (χ2n) is 11.3. The number of amides is 3. The lowest BCUT2D eigenvalue weighted by atomic mass is 10.1. The molecule has 4 rings (SSSR count). The van der Waals surface area contributed by atoms with Crippen LogP contribution >= 0.6 is 0 Å². The van der Waals surface area contributed by atoms with Crippen LogP contribution in [0.4, 0.5) is 17.3 Å². The number of aryl methyl sites for hydroxylation is 1. The first-order chi connectivity index (χ1) is 21.7. The van der Waals surface area contributed by atoms with Gasteiger partial charge in [-0.3, -0.25) is 19.3 Å². The van der Waals surface area contributed by atoms with Gasteiger partial charge >= 0.3 is 0 Å². The molecule has 45 heavy (non-hydrogen) atoms. The molecule has 3 amide bonds. The topological polar surface area (TPSA) is 164 Å². The molecule has 0 saturated carbocycles. The van der Waals surface area contributed by atoms with E-state index in [1.165, 1.54) is 17.4 Å². The largest absolute Gasteiger partial charge is 0.493 e. The van der Waals surface area contributed by atoms with Crippen LogP contribution in [0, 0.1) is 0 Å². The molecule has 0 spiro atoms. The first-order valence-corrected chi connectivity index (χ1v) is 15.7. The number of nitrogens with zero attached hydrogens (tertiary/aromatic N) is 4. The highest BCUT2D eigenvalue weighted by molar-refractivity contribution is 5.96. The molecule has 2 aliphatic heterocycles. The Balaban J connectivity index is 1.26. The Morgan fingerprint density at radius 2 is 1.98 bits per heavy atom. The van der Waals surface area contributed by atoms with E-state index < -0.39 is 11.9 Å². The molecule has 0 aliphatic carbocycles. The van der Waals surface area contributed by atoms with Gasteiger partial charge in [0.25, 0.3) is 5.91 Å².